The van der Waals surface area contributed by atoms with Crippen molar-refractivity contribution in [3.05, 3.63) is 11.8 Å². The maximum atomic E-state index is 5.72. The second-order valence-corrected chi connectivity index (χ2v) is 4.61. The van der Waals surface area contributed by atoms with E-state index >= 15 is 0 Å². The van der Waals surface area contributed by atoms with E-state index in [0.29, 0.717) is 12.1 Å². The maximum absolute atomic E-state index is 5.72. The molecule has 1 aliphatic heterocycles. The molecule has 0 aromatic carbocycles. The molecular weight excluding hydrogens is 228 g/mol. The Labute approximate surface area is 109 Å². The molecule has 5 heteroatoms. The van der Waals surface area contributed by atoms with E-state index in [1.165, 1.54) is 0 Å². The number of aromatic nitrogens is 2. The first-order valence-electron chi connectivity index (χ1n) is 6.63. The van der Waals surface area contributed by atoms with Gasteiger partial charge in [-0.15, -0.1) is 0 Å². The number of nitrogens with one attached hydrogen (secondary N) is 1. The summed E-state index contributed by atoms with van der Waals surface area (Å²) >= 11 is 0. The van der Waals surface area contributed by atoms with Gasteiger partial charge < -0.3 is 15.0 Å². The smallest absolute Gasteiger partial charge is 0.224 e. The van der Waals surface area contributed by atoms with Crippen molar-refractivity contribution in [3.63, 3.8) is 0 Å². The molecule has 1 saturated heterocycles. The lowest BCUT2D eigenvalue weighted by Crippen LogP contribution is -2.40. The van der Waals surface area contributed by atoms with Gasteiger partial charge in [0.2, 0.25) is 5.95 Å². The summed E-state index contributed by atoms with van der Waals surface area (Å²) in [7, 11) is 1.84. The Balaban J connectivity index is 2.12. The van der Waals surface area contributed by atoms with Crippen LogP contribution in [0.4, 0.5) is 11.8 Å². The first-order valence-corrected chi connectivity index (χ1v) is 6.63. The lowest BCUT2D eigenvalue weighted by atomic mass is 10.1. The van der Waals surface area contributed by atoms with E-state index in [-0.39, 0.29) is 0 Å². The van der Waals surface area contributed by atoms with Crippen molar-refractivity contribution >= 4 is 11.8 Å². The Kier molecular flexibility index (Phi) is 4.36. The molecule has 0 spiro atoms. The summed E-state index contributed by atoms with van der Waals surface area (Å²) in [5, 5.41) is 3.00. The standard InChI is InChI=1S/C13H22N4O/c1-4-18-11-6-5-7-17(9-11)12-8-10(2)15-13(14-3)16-12/h8,11H,4-7,9H2,1-3H3,(H,14,15,16). The van der Waals surface area contributed by atoms with Crippen LogP contribution in [0.15, 0.2) is 6.07 Å². The molecule has 0 aliphatic carbocycles. The van der Waals surface area contributed by atoms with E-state index in [9.17, 15) is 0 Å². The lowest BCUT2D eigenvalue weighted by molar-refractivity contribution is 0.0525. The number of ether oxygens (including phenoxy) is 1. The summed E-state index contributed by atoms with van der Waals surface area (Å²) in [5.41, 5.74) is 0.989. The van der Waals surface area contributed by atoms with Gasteiger partial charge in [0.25, 0.3) is 0 Å². The third-order valence-electron chi connectivity index (χ3n) is 3.17. The van der Waals surface area contributed by atoms with Gasteiger partial charge in [-0.1, -0.05) is 0 Å². The molecule has 0 radical (unpaired) electrons. The summed E-state index contributed by atoms with van der Waals surface area (Å²) in [6.45, 7) is 6.79. The van der Waals surface area contributed by atoms with Gasteiger partial charge in [-0.2, -0.15) is 4.98 Å². The molecule has 1 N–H and O–H groups in total. The molecule has 0 bridgehead atoms. The number of nitrogens with zero attached hydrogens (tertiary/aromatic N) is 3. The van der Waals surface area contributed by atoms with Gasteiger partial charge in [0, 0.05) is 38.5 Å². The van der Waals surface area contributed by atoms with Crippen LogP contribution >= 0.6 is 0 Å². The number of hydrogen-bond acceptors (Lipinski definition) is 5. The fraction of sp³-hybridized carbons (Fsp3) is 0.692. The van der Waals surface area contributed by atoms with Crippen molar-refractivity contribution in [2.75, 3.05) is 37.0 Å². The second kappa shape index (κ2) is 6.00. The van der Waals surface area contributed by atoms with Crippen LogP contribution < -0.4 is 10.2 Å². The van der Waals surface area contributed by atoms with Crippen molar-refractivity contribution < 1.29 is 4.74 Å². The Morgan fingerprint density at radius 2 is 2.33 bits per heavy atom. The second-order valence-electron chi connectivity index (χ2n) is 4.61. The van der Waals surface area contributed by atoms with E-state index < -0.39 is 0 Å². The minimum Gasteiger partial charge on any atom is -0.377 e. The van der Waals surface area contributed by atoms with E-state index in [4.69, 9.17) is 4.74 Å². The zero-order chi connectivity index (χ0) is 13.0. The number of aryl methyl sites for hydroxylation is 1. The van der Waals surface area contributed by atoms with Gasteiger partial charge in [0.1, 0.15) is 5.82 Å². The van der Waals surface area contributed by atoms with Gasteiger partial charge in [0.05, 0.1) is 6.10 Å². The minimum atomic E-state index is 0.331. The molecule has 0 amide bonds. The number of hydrogen-bond donors (Lipinski definition) is 1. The number of rotatable bonds is 4. The highest BCUT2D eigenvalue weighted by Crippen LogP contribution is 2.21. The Morgan fingerprint density at radius 3 is 3.06 bits per heavy atom. The molecule has 0 saturated carbocycles. The predicted octanol–water partition coefficient (Wildman–Crippen LogP) is 1.83. The van der Waals surface area contributed by atoms with E-state index in [1.54, 1.807) is 0 Å². The van der Waals surface area contributed by atoms with E-state index in [2.05, 4.69) is 20.2 Å². The minimum absolute atomic E-state index is 0.331. The van der Waals surface area contributed by atoms with Gasteiger partial charge in [-0.05, 0) is 26.7 Å². The lowest BCUT2D eigenvalue weighted by Gasteiger charge is -2.33. The largest absolute Gasteiger partial charge is 0.377 e. The van der Waals surface area contributed by atoms with Gasteiger partial charge >= 0.3 is 0 Å². The van der Waals surface area contributed by atoms with Crippen LogP contribution in [0.25, 0.3) is 0 Å². The topological polar surface area (TPSA) is 50.3 Å². The Bertz CT molecular complexity index is 395. The van der Waals surface area contributed by atoms with Crippen LogP contribution in [0.2, 0.25) is 0 Å². The summed E-state index contributed by atoms with van der Waals surface area (Å²) in [5.74, 6) is 1.68. The molecule has 18 heavy (non-hydrogen) atoms. The molecule has 5 nitrogen and oxygen atoms in total. The van der Waals surface area contributed by atoms with Crippen molar-refractivity contribution in [1.82, 2.24) is 9.97 Å². The molecule has 1 aromatic rings. The van der Waals surface area contributed by atoms with Crippen LogP contribution in [0.5, 0.6) is 0 Å². The number of anilines is 2. The highest BCUT2D eigenvalue weighted by atomic mass is 16.5. The van der Waals surface area contributed by atoms with Crippen LogP contribution in [0.1, 0.15) is 25.5 Å². The normalized spacial score (nSPS) is 19.9. The average molecular weight is 250 g/mol. The molecule has 1 unspecified atom stereocenters. The van der Waals surface area contributed by atoms with Crippen molar-refractivity contribution in [1.29, 1.82) is 0 Å². The fourth-order valence-corrected chi connectivity index (χ4v) is 2.34. The van der Waals surface area contributed by atoms with Gasteiger partial charge in [-0.3, -0.25) is 0 Å². The highest BCUT2D eigenvalue weighted by Gasteiger charge is 2.21. The average Bonchev–Trinajstić information content (AvgIpc) is 2.39. The fourth-order valence-electron chi connectivity index (χ4n) is 2.34. The van der Waals surface area contributed by atoms with Crippen LogP contribution in [-0.4, -0.2) is 42.8 Å². The Hall–Kier alpha value is -1.36. The third kappa shape index (κ3) is 3.10. The molecule has 100 valence electrons. The summed E-state index contributed by atoms with van der Waals surface area (Å²) in [4.78, 5) is 11.1. The zero-order valence-corrected chi connectivity index (χ0v) is 11.4. The van der Waals surface area contributed by atoms with Crippen molar-refractivity contribution in [2.24, 2.45) is 0 Å². The summed E-state index contributed by atoms with van der Waals surface area (Å²) in [6.07, 6.45) is 2.63. The first kappa shape index (κ1) is 13.1. The molecule has 1 aliphatic rings. The molecule has 2 heterocycles. The first-order chi connectivity index (χ1) is 8.72. The molecule has 1 aromatic heterocycles. The maximum Gasteiger partial charge on any atom is 0.224 e. The van der Waals surface area contributed by atoms with E-state index in [1.807, 2.05) is 27.0 Å². The highest BCUT2D eigenvalue weighted by molar-refractivity contribution is 5.45. The monoisotopic (exact) mass is 250 g/mol. The third-order valence-corrected chi connectivity index (χ3v) is 3.17. The zero-order valence-electron chi connectivity index (χ0n) is 11.4. The van der Waals surface area contributed by atoms with Crippen LogP contribution in [0, 0.1) is 6.92 Å². The van der Waals surface area contributed by atoms with Crippen molar-refractivity contribution in [3.8, 4) is 0 Å². The summed E-state index contributed by atoms with van der Waals surface area (Å²) < 4.78 is 5.72. The van der Waals surface area contributed by atoms with Crippen molar-refractivity contribution in [2.45, 2.75) is 32.8 Å². The van der Waals surface area contributed by atoms with Gasteiger partial charge in [-0.25, -0.2) is 4.98 Å². The quantitative estimate of drug-likeness (QED) is 0.883. The van der Waals surface area contributed by atoms with Gasteiger partial charge in [0.15, 0.2) is 0 Å². The summed E-state index contributed by atoms with van der Waals surface area (Å²) in [6, 6.07) is 2.04. The van der Waals surface area contributed by atoms with Crippen LogP contribution in [0.3, 0.4) is 0 Å². The molecule has 1 atom stereocenters. The number of piperidine rings is 1. The Morgan fingerprint density at radius 1 is 1.50 bits per heavy atom. The molecule has 2 rings (SSSR count). The predicted molar refractivity (Wildman–Crippen MR) is 73.2 cm³/mol. The van der Waals surface area contributed by atoms with E-state index in [0.717, 1.165) is 44.0 Å². The SMILES string of the molecule is CCOC1CCCN(c2cc(C)nc(NC)n2)C1. The molecule has 1 fully saturated rings. The molecular formula is C13H22N4O. The van der Waals surface area contributed by atoms with Crippen LogP contribution in [-0.2, 0) is 4.74 Å².